The Kier molecular flexibility index (Phi) is 6.45. The molecule has 1 aromatic rings. The Morgan fingerprint density at radius 3 is 2.47 bits per heavy atom. The molecule has 4 nitrogen and oxygen atoms in total. The Bertz CT molecular complexity index is 370. The molecule has 0 amide bonds. The van der Waals surface area contributed by atoms with Crippen molar-refractivity contribution in [2.24, 2.45) is 11.7 Å². The van der Waals surface area contributed by atoms with E-state index in [1.807, 2.05) is 0 Å². The van der Waals surface area contributed by atoms with E-state index in [0.29, 0.717) is 22.7 Å². The molecule has 0 aromatic carbocycles. The summed E-state index contributed by atoms with van der Waals surface area (Å²) in [5, 5.41) is 19.1. The first-order valence-corrected chi connectivity index (χ1v) is 5.51. The molecule has 0 saturated carbocycles. The number of hydrogen-bond acceptors (Lipinski definition) is 4. The highest BCUT2D eigenvalue weighted by molar-refractivity contribution is 5.85. The lowest BCUT2D eigenvalue weighted by molar-refractivity contribution is 0.277. The first-order valence-electron chi connectivity index (χ1n) is 5.51. The van der Waals surface area contributed by atoms with Gasteiger partial charge in [-0.15, -0.1) is 12.4 Å². The molecule has 1 heterocycles. The number of nitrogens with two attached hydrogens (primary N) is 1. The Morgan fingerprint density at radius 1 is 1.41 bits per heavy atom. The molecule has 0 radical (unpaired) electrons. The number of aliphatic hydroxyl groups excluding tert-OH is 1. The van der Waals surface area contributed by atoms with E-state index in [9.17, 15) is 10.2 Å². The lowest BCUT2D eigenvalue weighted by atomic mass is 9.94. The van der Waals surface area contributed by atoms with Crippen molar-refractivity contribution in [3.05, 3.63) is 23.0 Å². The van der Waals surface area contributed by atoms with Crippen molar-refractivity contribution < 1.29 is 10.2 Å². The molecule has 1 aromatic heterocycles. The molecule has 17 heavy (non-hydrogen) atoms. The normalized spacial score (nSPS) is 12.4. The van der Waals surface area contributed by atoms with E-state index in [1.165, 1.54) is 0 Å². The van der Waals surface area contributed by atoms with Gasteiger partial charge in [0.25, 0.3) is 0 Å². The Balaban J connectivity index is 0.00000256. The monoisotopic (exact) mass is 260 g/mol. The van der Waals surface area contributed by atoms with E-state index in [0.717, 1.165) is 6.42 Å². The second-order valence-corrected chi connectivity index (χ2v) is 4.53. The summed E-state index contributed by atoms with van der Waals surface area (Å²) in [4.78, 5) is 4.01. The molecule has 1 atom stereocenters. The summed E-state index contributed by atoms with van der Waals surface area (Å²) < 4.78 is 0. The predicted molar refractivity (Wildman–Crippen MR) is 70.2 cm³/mol. The third-order valence-corrected chi connectivity index (χ3v) is 2.62. The van der Waals surface area contributed by atoms with E-state index in [-0.39, 0.29) is 30.8 Å². The molecule has 0 bridgehead atoms. The van der Waals surface area contributed by atoms with Gasteiger partial charge in [0.1, 0.15) is 5.75 Å². The quantitative estimate of drug-likeness (QED) is 0.774. The van der Waals surface area contributed by atoms with Crippen LogP contribution < -0.4 is 5.73 Å². The van der Waals surface area contributed by atoms with Crippen molar-refractivity contribution in [1.82, 2.24) is 4.98 Å². The number of aromatic nitrogens is 1. The van der Waals surface area contributed by atoms with E-state index in [1.54, 1.807) is 13.1 Å². The molecule has 0 spiro atoms. The predicted octanol–water partition coefficient (Wildman–Crippen LogP) is 2.06. The van der Waals surface area contributed by atoms with Gasteiger partial charge < -0.3 is 15.9 Å². The number of pyridine rings is 1. The van der Waals surface area contributed by atoms with Crippen molar-refractivity contribution in [2.45, 2.75) is 39.8 Å². The maximum absolute atomic E-state index is 9.94. The van der Waals surface area contributed by atoms with Crippen molar-refractivity contribution in [3.8, 4) is 5.75 Å². The van der Waals surface area contributed by atoms with E-state index >= 15 is 0 Å². The molecule has 0 aliphatic heterocycles. The second kappa shape index (κ2) is 6.79. The van der Waals surface area contributed by atoms with Crippen molar-refractivity contribution in [1.29, 1.82) is 0 Å². The van der Waals surface area contributed by atoms with Crippen LogP contribution >= 0.6 is 12.4 Å². The summed E-state index contributed by atoms with van der Waals surface area (Å²) in [6, 6.07) is -0.260. The minimum absolute atomic E-state index is 0. The Morgan fingerprint density at radius 2 is 2.00 bits per heavy atom. The highest BCUT2D eigenvalue weighted by Gasteiger charge is 2.18. The van der Waals surface area contributed by atoms with Crippen LogP contribution in [0.3, 0.4) is 0 Å². The van der Waals surface area contributed by atoms with Gasteiger partial charge in [0.2, 0.25) is 0 Å². The first kappa shape index (κ1) is 16.2. The second-order valence-electron chi connectivity index (χ2n) is 4.53. The first-order chi connectivity index (χ1) is 7.47. The zero-order valence-corrected chi connectivity index (χ0v) is 11.3. The highest BCUT2D eigenvalue weighted by Crippen LogP contribution is 2.31. The largest absolute Gasteiger partial charge is 0.506 e. The summed E-state index contributed by atoms with van der Waals surface area (Å²) in [7, 11) is 0. The van der Waals surface area contributed by atoms with Crippen LogP contribution in [0.1, 0.15) is 43.1 Å². The molecule has 4 N–H and O–H groups in total. The highest BCUT2D eigenvalue weighted by atomic mass is 35.5. The van der Waals surface area contributed by atoms with Gasteiger partial charge in [-0.1, -0.05) is 13.8 Å². The SMILES string of the molecule is Cc1ncc(CO)c([C@H](N)CC(C)C)c1O.Cl. The minimum Gasteiger partial charge on any atom is -0.506 e. The molecule has 0 aliphatic carbocycles. The number of halogens is 1. The van der Waals surface area contributed by atoms with Gasteiger partial charge in [0.15, 0.2) is 0 Å². The number of rotatable bonds is 4. The Labute approximate surface area is 108 Å². The fourth-order valence-electron chi connectivity index (χ4n) is 1.82. The summed E-state index contributed by atoms with van der Waals surface area (Å²) >= 11 is 0. The molecular formula is C12H21ClN2O2. The number of aryl methyl sites for hydroxylation is 1. The Hall–Kier alpha value is -0.840. The fourth-order valence-corrected chi connectivity index (χ4v) is 1.82. The molecule has 0 unspecified atom stereocenters. The number of nitrogens with zero attached hydrogens (tertiary/aromatic N) is 1. The standard InChI is InChI=1S/C12H20N2O2.ClH/c1-7(2)4-10(13)11-9(6-15)5-14-8(3)12(11)16;/h5,7,10,15-16H,4,6,13H2,1-3H3;1H/t10-;/m1./s1. The molecular weight excluding hydrogens is 240 g/mol. The molecule has 5 heteroatoms. The number of aliphatic hydroxyl groups is 1. The summed E-state index contributed by atoms with van der Waals surface area (Å²) in [6.07, 6.45) is 2.34. The lowest BCUT2D eigenvalue weighted by Crippen LogP contribution is -2.16. The molecule has 0 fully saturated rings. The molecule has 0 aliphatic rings. The summed E-state index contributed by atoms with van der Waals surface area (Å²) in [6.45, 7) is 5.72. The summed E-state index contributed by atoms with van der Waals surface area (Å²) in [5.41, 5.74) is 7.83. The van der Waals surface area contributed by atoms with Gasteiger partial charge in [0.05, 0.1) is 12.3 Å². The van der Waals surface area contributed by atoms with Gasteiger partial charge in [-0.05, 0) is 19.3 Å². The van der Waals surface area contributed by atoms with Crippen molar-refractivity contribution in [2.75, 3.05) is 0 Å². The number of aromatic hydroxyl groups is 1. The van der Waals surface area contributed by atoms with Crippen molar-refractivity contribution in [3.63, 3.8) is 0 Å². The number of hydrogen-bond donors (Lipinski definition) is 3. The van der Waals surface area contributed by atoms with Crippen LogP contribution in [0.5, 0.6) is 5.75 Å². The minimum atomic E-state index is -0.260. The van der Waals surface area contributed by atoms with Crippen LogP contribution in [-0.2, 0) is 6.61 Å². The van der Waals surface area contributed by atoms with Crippen LogP contribution in [0.25, 0.3) is 0 Å². The topological polar surface area (TPSA) is 79.4 Å². The average Bonchev–Trinajstić information content (AvgIpc) is 2.20. The van der Waals surface area contributed by atoms with Crippen LogP contribution in [0, 0.1) is 12.8 Å². The van der Waals surface area contributed by atoms with Crippen molar-refractivity contribution >= 4 is 12.4 Å². The van der Waals surface area contributed by atoms with Gasteiger partial charge in [-0.3, -0.25) is 4.98 Å². The van der Waals surface area contributed by atoms with Gasteiger partial charge in [0, 0.05) is 23.4 Å². The van der Waals surface area contributed by atoms with Gasteiger partial charge in [-0.2, -0.15) is 0 Å². The van der Waals surface area contributed by atoms with Crippen LogP contribution in [-0.4, -0.2) is 15.2 Å². The molecule has 98 valence electrons. The lowest BCUT2D eigenvalue weighted by Gasteiger charge is -2.19. The zero-order valence-electron chi connectivity index (χ0n) is 10.5. The maximum atomic E-state index is 9.94. The summed E-state index contributed by atoms with van der Waals surface area (Å²) in [5.74, 6) is 0.550. The van der Waals surface area contributed by atoms with Crippen LogP contribution in [0.15, 0.2) is 6.20 Å². The zero-order chi connectivity index (χ0) is 12.3. The molecule has 1 rings (SSSR count). The third-order valence-electron chi connectivity index (χ3n) is 2.62. The van der Waals surface area contributed by atoms with Gasteiger partial charge in [-0.25, -0.2) is 0 Å². The smallest absolute Gasteiger partial charge is 0.141 e. The van der Waals surface area contributed by atoms with Crippen LogP contribution in [0.2, 0.25) is 0 Å². The fraction of sp³-hybridized carbons (Fsp3) is 0.583. The van der Waals surface area contributed by atoms with E-state index in [2.05, 4.69) is 18.8 Å². The van der Waals surface area contributed by atoms with Gasteiger partial charge >= 0.3 is 0 Å². The van der Waals surface area contributed by atoms with Crippen LogP contribution in [0.4, 0.5) is 0 Å². The maximum Gasteiger partial charge on any atom is 0.141 e. The average molecular weight is 261 g/mol. The molecule has 0 saturated heterocycles. The van der Waals surface area contributed by atoms with E-state index < -0.39 is 0 Å². The van der Waals surface area contributed by atoms with E-state index in [4.69, 9.17) is 5.73 Å². The third kappa shape index (κ3) is 3.84.